The van der Waals surface area contributed by atoms with E-state index in [2.05, 4.69) is 10.0 Å². The standard InChI is InChI=1S/C21H33N3O6S/c1-5-6-13-30-17-11-12-18(19(14-17)24(26)27)22-20(25)15-7-9-16(10-8-15)23-31(28,29)21(2,3)4/h11-12,14-16,23H,5-10,13H2,1-4H3,(H,22,25). The number of nitro benzene ring substituents is 1. The van der Waals surface area contributed by atoms with Crippen molar-refractivity contribution in [3.05, 3.63) is 28.3 Å². The number of anilines is 1. The second-order valence-corrected chi connectivity index (χ2v) is 11.4. The van der Waals surface area contributed by atoms with Crippen molar-refractivity contribution in [2.75, 3.05) is 11.9 Å². The molecule has 0 atom stereocenters. The number of hydrogen-bond donors (Lipinski definition) is 2. The van der Waals surface area contributed by atoms with E-state index in [4.69, 9.17) is 4.74 Å². The second-order valence-electron chi connectivity index (χ2n) is 8.91. The lowest BCUT2D eigenvalue weighted by Gasteiger charge is -2.30. The smallest absolute Gasteiger partial charge is 0.296 e. The molecule has 1 aromatic carbocycles. The van der Waals surface area contributed by atoms with Gasteiger partial charge in [0.2, 0.25) is 15.9 Å². The van der Waals surface area contributed by atoms with Crippen LogP contribution in [0.3, 0.4) is 0 Å². The summed E-state index contributed by atoms with van der Waals surface area (Å²) in [7, 11) is -3.45. The summed E-state index contributed by atoms with van der Waals surface area (Å²) in [6.45, 7) is 7.42. The summed E-state index contributed by atoms with van der Waals surface area (Å²) in [4.78, 5) is 23.6. The predicted octanol–water partition coefficient (Wildman–Crippen LogP) is 3.99. The van der Waals surface area contributed by atoms with E-state index in [0.29, 0.717) is 38.0 Å². The summed E-state index contributed by atoms with van der Waals surface area (Å²) in [5.74, 6) is -0.222. The molecule has 0 aliphatic heterocycles. The van der Waals surface area contributed by atoms with Crippen LogP contribution in [0.2, 0.25) is 0 Å². The Morgan fingerprint density at radius 2 is 1.87 bits per heavy atom. The van der Waals surface area contributed by atoms with Crippen LogP contribution in [0.1, 0.15) is 66.2 Å². The number of amides is 1. The van der Waals surface area contributed by atoms with Crippen molar-refractivity contribution >= 4 is 27.3 Å². The number of nitrogens with zero attached hydrogens (tertiary/aromatic N) is 1. The molecule has 9 nitrogen and oxygen atoms in total. The van der Waals surface area contributed by atoms with E-state index < -0.39 is 19.7 Å². The SMILES string of the molecule is CCCCOc1ccc(NC(=O)C2CCC(NS(=O)(=O)C(C)(C)C)CC2)c([N+](=O)[O-])c1. The van der Waals surface area contributed by atoms with Gasteiger partial charge < -0.3 is 10.1 Å². The minimum Gasteiger partial charge on any atom is -0.493 e. The van der Waals surface area contributed by atoms with Crippen molar-refractivity contribution in [2.24, 2.45) is 5.92 Å². The van der Waals surface area contributed by atoms with Crippen molar-refractivity contribution in [1.82, 2.24) is 4.72 Å². The van der Waals surface area contributed by atoms with Crippen LogP contribution < -0.4 is 14.8 Å². The van der Waals surface area contributed by atoms with Gasteiger partial charge in [-0.1, -0.05) is 13.3 Å². The largest absolute Gasteiger partial charge is 0.493 e. The van der Waals surface area contributed by atoms with E-state index in [1.807, 2.05) is 6.92 Å². The van der Waals surface area contributed by atoms with Crippen molar-refractivity contribution in [2.45, 2.75) is 77.0 Å². The first-order chi connectivity index (χ1) is 14.4. The van der Waals surface area contributed by atoms with Gasteiger partial charge in [0.15, 0.2) is 0 Å². The molecular formula is C21H33N3O6S. The number of nitrogens with one attached hydrogen (secondary N) is 2. The Morgan fingerprint density at radius 1 is 1.23 bits per heavy atom. The fraction of sp³-hybridized carbons (Fsp3) is 0.667. The van der Waals surface area contributed by atoms with Crippen LogP contribution in [0.15, 0.2) is 18.2 Å². The minimum atomic E-state index is -3.45. The lowest BCUT2D eigenvalue weighted by atomic mass is 9.86. The Hall–Kier alpha value is -2.20. The number of benzene rings is 1. The number of hydrogen-bond acceptors (Lipinski definition) is 6. The van der Waals surface area contributed by atoms with E-state index in [1.54, 1.807) is 26.8 Å². The van der Waals surface area contributed by atoms with Crippen LogP contribution in [0.25, 0.3) is 0 Å². The average molecular weight is 456 g/mol. The van der Waals surface area contributed by atoms with E-state index in [9.17, 15) is 23.3 Å². The molecule has 1 aliphatic rings. The maximum atomic E-state index is 12.7. The van der Waals surface area contributed by atoms with Gasteiger partial charge in [-0.25, -0.2) is 13.1 Å². The first-order valence-corrected chi connectivity index (χ1v) is 12.2. The zero-order valence-corrected chi connectivity index (χ0v) is 19.5. The summed E-state index contributed by atoms with van der Waals surface area (Å²) in [5, 5.41) is 14.1. The molecule has 0 saturated heterocycles. The highest BCUT2D eigenvalue weighted by atomic mass is 32.2. The van der Waals surface area contributed by atoms with Crippen molar-refractivity contribution < 1.29 is 22.9 Å². The molecule has 0 unspecified atom stereocenters. The van der Waals surface area contributed by atoms with E-state index in [0.717, 1.165) is 12.8 Å². The van der Waals surface area contributed by atoms with Crippen LogP contribution >= 0.6 is 0 Å². The molecule has 0 bridgehead atoms. The fourth-order valence-electron chi connectivity index (χ4n) is 3.30. The van der Waals surface area contributed by atoms with Gasteiger partial charge in [0.25, 0.3) is 5.69 Å². The van der Waals surface area contributed by atoms with Crippen LogP contribution in [-0.4, -0.2) is 36.6 Å². The molecule has 1 saturated carbocycles. The highest BCUT2D eigenvalue weighted by molar-refractivity contribution is 7.90. The number of rotatable bonds is 9. The summed E-state index contributed by atoms with van der Waals surface area (Å²) < 4.78 is 32.0. The Balaban J connectivity index is 1.97. The van der Waals surface area contributed by atoms with Gasteiger partial charge in [0, 0.05) is 12.0 Å². The molecule has 1 aromatic rings. The molecule has 2 N–H and O–H groups in total. The quantitative estimate of drug-likeness (QED) is 0.329. The maximum Gasteiger partial charge on any atom is 0.296 e. The van der Waals surface area contributed by atoms with E-state index in [-0.39, 0.29) is 29.2 Å². The molecule has 174 valence electrons. The topological polar surface area (TPSA) is 128 Å². The van der Waals surface area contributed by atoms with Crippen molar-refractivity contribution in [1.29, 1.82) is 0 Å². The molecule has 0 heterocycles. The number of carbonyl (C=O) groups is 1. The molecule has 31 heavy (non-hydrogen) atoms. The maximum absolute atomic E-state index is 12.7. The summed E-state index contributed by atoms with van der Waals surface area (Å²) >= 11 is 0. The molecule has 2 rings (SSSR count). The Kier molecular flexibility index (Phi) is 8.41. The normalized spacial score (nSPS) is 19.6. The summed E-state index contributed by atoms with van der Waals surface area (Å²) in [6, 6.07) is 4.21. The average Bonchev–Trinajstić information content (AvgIpc) is 2.68. The zero-order chi connectivity index (χ0) is 23.2. The van der Waals surface area contributed by atoms with Crippen molar-refractivity contribution in [3.8, 4) is 5.75 Å². The molecule has 0 spiro atoms. The lowest BCUT2D eigenvalue weighted by molar-refractivity contribution is -0.384. The highest BCUT2D eigenvalue weighted by Gasteiger charge is 2.34. The minimum absolute atomic E-state index is 0.133. The second kappa shape index (κ2) is 10.4. The van der Waals surface area contributed by atoms with Gasteiger partial charge in [-0.3, -0.25) is 14.9 Å². The van der Waals surface area contributed by atoms with Gasteiger partial charge in [0.1, 0.15) is 11.4 Å². The van der Waals surface area contributed by atoms with Gasteiger partial charge in [0.05, 0.1) is 22.3 Å². The third kappa shape index (κ3) is 6.90. The third-order valence-electron chi connectivity index (χ3n) is 5.42. The molecule has 10 heteroatoms. The molecule has 1 fully saturated rings. The highest BCUT2D eigenvalue weighted by Crippen LogP contribution is 2.32. The van der Waals surface area contributed by atoms with Gasteiger partial charge >= 0.3 is 0 Å². The van der Waals surface area contributed by atoms with Gasteiger partial charge in [-0.2, -0.15) is 0 Å². The van der Waals surface area contributed by atoms with Crippen LogP contribution in [0.4, 0.5) is 11.4 Å². The number of nitro groups is 1. The van der Waals surface area contributed by atoms with Gasteiger partial charge in [-0.05, 0) is 65.0 Å². The monoisotopic (exact) mass is 455 g/mol. The number of carbonyl (C=O) groups excluding carboxylic acids is 1. The lowest BCUT2D eigenvalue weighted by Crippen LogP contribution is -2.46. The molecule has 1 amide bonds. The molecule has 0 aromatic heterocycles. The van der Waals surface area contributed by atoms with E-state index in [1.165, 1.54) is 12.1 Å². The number of sulfonamides is 1. The molecule has 1 aliphatic carbocycles. The fourth-order valence-corrected chi connectivity index (χ4v) is 4.32. The first kappa shape index (κ1) is 25.1. The Morgan fingerprint density at radius 3 is 2.42 bits per heavy atom. The van der Waals surface area contributed by atoms with Gasteiger partial charge in [-0.15, -0.1) is 0 Å². The number of unbranched alkanes of at least 4 members (excludes halogenated alkanes) is 1. The van der Waals surface area contributed by atoms with Crippen LogP contribution in [-0.2, 0) is 14.8 Å². The van der Waals surface area contributed by atoms with Crippen LogP contribution in [0, 0.1) is 16.0 Å². The first-order valence-electron chi connectivity index (χ1n) is 10.7. The number of ether oxygens (including phenoxy) is 1. The molecular weight excluding hydrogens is 422 g/mol. The predicted molar refractivity (Wildman–Crippen MR) is 120 cm³/mol. The Labute approximate surface area is 184 Å². The summed E-state index contributed by atoms with van der Waals surface area (Å²) in [5.41, 5.74) is -0.0811. The summed E-state index contributed by atoms with van der Waals surface area (Å²) in [6.07, 6.45) is 3.90. The van der Waals surface area contributed by atoms with E-state index >= 15 is 0 Å². The third-order valence-corrected chi connectivity index (χ3v) is 7.67. The van der Waals surface area contributed by atoms with Crippen LogP contribution in [0.5, 0.6) is 5.75 Å². The molecule has 0 radical (unpaired) electrons. The van der Waals surface area contributed by atoms with Crippen molar-refractivity contribution in [3.63, 3.8) is 0 Å². The zero-order valence-electron chi connectivity index (χ0n) is 18.6. The Bertz CT molecular complexity index is 887.